The maximum absolute atomic E-state index is 12.6. The predicted octanol–water partition coefficient (Wildman–Crippen LogP) is 2.52. The molecule has 1 atom stereocenters. The van der Waals surface area contributed by atoms with Gasteiger partial charge in [-0.1, -0.05) is 41.4 Å². The lowest BCUT2D eigenvalue weighted by Crippen LogP contribution is -2.42. The largest absolute Gasteiger partial charge is 0.467 e. The van der Waals surface area contributed by atoms with Crippen molar-refractivity contribution >= 4 is 52.6 Å². The van der Waals surface area contributed by atoms with E-state index in [1.807, 2.05) is 0 Å². The molecular formula is C23H24Cl2N4O5. The first kappa shape index (κ1) is 26.8. The van der Waals surface area contributed by atoms with Gasteiger partial charge in [-0.05, 0) is 36.2 Å². The molecule has 2 aromatic rings. The number of carbonyl (C=O) groups is 4. The van der Waals surface area contributed by atoms with Crippen molar-refractivity contribution in [2.24, 2.45) is 5.73 Å². The van der Waals surface area contributed by atoms with Crippen LogP contribution < -0.4 is 16.4 Å². The molecule has 0 fully saturated rings. The number of methoxy groups -OCH3 is 1. The molecule has 0 saturated carbocycles. The Morgan fingerprint density at radius 1 is 1.06 bits per heavy atom. The molecular weight excluding hydrogens is 483 g/mol. The van der Waals surface area contributed by atoms with E-state index in [1.54, 1.807) is 30.3 Å². The van der Waals surface area contributed by atoms with Gasteiger partial charge in [0.25, 0.3) is 11.8 Å². The maximum atomic E-state index is 12.6. The third kappa shape index (κ3) is 7.86. The Hall–Kier alpha value is -3.43. The highest BCUT2D eigenvalue weighted by molar-refractivity contribution is 6.39. The third-order valence-electron chi connectivity index (χ3n) is 4.72. The lowest BCUT2D eigenvalue weighted by atomic mass is 10.1. The van der Waals surface area contributed by atoms with Gasteiger partial charge in [-0.15, -0.1) is 0 Å². The molecule has 2 amide bonds. The van der Waals surface area contributed by atoms with E-state index in [9.17, 15) is 19.2 Å². The number of Topliss-reactive ketones (excluding diaryl/α,β-unsaturated/α-hetero) is 1. The second-order valence-electron chi connectivity index (χ2n) is 7.31. The minimum atomic E-state index is -1.12. The van der Waals surface area contributed by atoms with Crippen LogP contribution in [0.25, 0.3) is 0 Å². The molecule has 0 aliphatic carbocycles. The summed E-state index contributed by atoms with van der Waals surface area (Å²) in [5.74, 6) is -2.28. The van der Waals surface area contributed by atoms with Crippen molar-refractivity contribution in [3.63, 3.8) is 0 Å². The van der Waals surface area contributed by atoms with Crippen molar-refractivity contribution in [1.29, 1.82) is 5.41 Å². The van der Waals surface area contributed by atoms with Crippen molar-refractivity contribution < 1.29 is 23.9 Å². The van der Waals surface area contributed by atoms with Crippen LogP contribution in [-0.4, -0.2) is 49.1 Å². The summed E-state index contributed by atoms with van der Waals surface area (Å²) in [7, 11) is 1.16. The van der Waals surface area contributed by atoms with E-state index in [2.05, 4.69) is 10.6 Å². The van der Waals surface area contributed by atoms with Gasteiger partial charge in [-0.25, -0.2) is 4.79 Å². The zero-order chi connectivity index (χ0) is 25.3. The molecule has 0 aliphatic rings. The fourth-order valence-corrected chi connectivity index (χ4v) is 3.62. The van der Waals surface area contributed by atoms with Crippen LogP contribution in [0.4, 0.5) is 0 Å². The number of carbonyl (C=O) groups excluding carboxylic acids is 4. The Labute approximate surface area is 206 Å². The number of benzene rings is 2. The summed E-state index contributed by atoms with van der Waals surface area (Å²) in [5.41, 5.74) is 6.40. The minimum Gasteiger partial charge on any atom is -0.467 e. The van der Waals surface area contributed by atoms with Gasteiger partial charge < -0.3 is 21.1 Å². The fraction of sp³-hybridized carbons (Fsp3) is 0.261. The zero-order valence-corrected chi connectivity index (χ0v) is 19.8. The van der Waals surface area contributed by atoms with E-state index in [4.69, 9.17) is 39.1 Å². The van der Waals surface area contributed by atoms with Crippen LogP contribution in [0.3, 0.4) is 0 Å². The van der Waals surface area contributed by atoms with E-state index >= 15 is 0 Å². The van der Waals surface area contributed by atoms with Crippen LogP contribution in [0.15, 0.2) is 42.5 Å². The van der Waals surface area contributed by atoms with Crippen LogP contribution in [0.1, 0.15) is 39.1 Å². The van der Waals surface area contributed by atoms with Gasteiger partial charge >= 0.3 is 5.97 Å². The van der Waals surface area contributed by atoms with Crippen LogP contribution in [0, 0.1) is 5.41 Å². The molecule has 0 radical (unpaired) electrons. The quantitative estimate of drug-likeness (QED) is 0.208. The van der Waals surface area contributed by atoms with Crippen molar-refractivity contribution in [1.82, 2.24) is 10.6 Å². The highest BCUT2D eigenvalue weighted by Crippen LogP contribution is 2.24. The molecule has 9 nitrogen and oxygen atoms in total. The smallest absolute Gasteiger partial charge is 0.328 e. The van der Waals surface area contributed by atoms with E-state index in [-0.39, 0.29) is 53.0 Å². The molecule has 0 unspecified atom stereocenters. The minimum absolute atomic E-state index is 0.00493. The lowest BCUT2D eigenvalue weighted by Gasteiger charge is -2.17. The highest BCUT2D eigenvalue weighted by atomic mass is 35.5. The van der Waals surface area contributed by atoms with Crippen LogP contribution >= 0.6 is 23.2 Å². The number of amides is 2. The summed E-state index contributed by atoms with van der Waals surface area (Å²) in [6, 6.07) is 9.98. The van der Waals surface area contributed by atoms with Gasteiger partial charge in [-0.2, -0.15) is 0 Å². The molecule has 0 aromatic heterocycles. The number of ketones is 1. The van der Waals surface area contributed by atoms with E-state index in [0.717, 1.165) is 7.11 Å². The van der Waals surface area contributed by atoms with Crippen LogP contribution in [0.5, 0.6) is 0 Å². The van der Waals surface area contributed by atoms with Crippen molar-refractivity contribution in [3.8, 4) is 0 Å². The Bertz CT molecular complexity index is 1090. The number of halogens is 2. The highest BCUT2D eigenvalue weighted by Gasteiger charge is 2.25. The zero-order valence-electron chi connectivity index (χ0n) is 18.3. The number of rotatable bonds is 11. The third-order valence-corrected chi connectivity index (χ3v) is 5.35. The molecule has 11 heteroatoms. The molecule has 0 aliphatic heterocycles. The van der Waals surface area contributed by atoms with Gasteiger partial charge in [0.2, 0.25) is 0 Å². The van der Waals surface area contributed by atoms with Gasteiger partial charge in [-0.3, -0.25) is 19.8 Å². The topological polar surface area (TPSA) is 151 Å². The van der Waals surface area contributed by atoms with E-state index in [0.29, 0.717) is 11.1 Å². The molecule has 5 N–H and O–H groups in total. The number of hydrogen-bond donors (Lipinski definition) is 4. The first-order valence-corrected chi connectivity index (χ1v) is 10.9. The SMILES string of the molecule is COC(=O)[C@H](CCC(=O)CNC(=O)c1cccc(CC(=N)N)c1)NC(=O)c1c(Cl)cccc1Cl. The molecule has 0 heterocycles. The summed E-state index contributed by atoms with van der Waals surface area (Å²) in [5, 5.41) is 12.6. The van der Waals surface area contributed by atoms with Gasteiger partial charge in [0.1, 0.15) is 6.04 Å². The van der Waals surface area contributed by atoms with E-state index in [1.165, 1.54) is 12.1 Å². The summed E-state index contributed by atoms with van der Waals surface area (Å²) in [6.07, 6.45) is 0.0460. The second-order valence-corrected chi connectivity index (χ2v) is 8.12. The van der Waals surface area contributed by atoms with Gasteiger partial charge in [0.15, 0.2) is 5.78 Å². The first-order chi connectivity index (χ1) is 16.1. The Morgan fingerprint density at radius 2 is 1.71 bits per heavy atom. The van der Waals surface area contributed by atoms with Crippen molar-refractivity contribution in [2.45, 2.75) is 25.3 Å². The Morgan fingerprint density at radius 3 is 2.32 bits per heavy atom. The number of esters is 1. The van der Waals surface area contributed by atoms with Crippen molar-refractivity contribution in [3.05, 3.63) is 69.2 Å². The summed E-state index contributed by atoms with van der Waals surface area (Å²) in [4.78, 5) is 49.3. The molecule has 0 spiro atoms. The van der Waals surface area contributed by atoms with Gasteiger partial charge in [0.05, 0.1) is 35.1 Å². The number of amidine groups is 1. The number of ether oxygens (including phenoxy) is 1. The summed E-state index contributed by atoms with van der Waals surface area (Å²) < 4.78 is 4.71. The lowest BCUT2D eigenvalue weighted by molar-refractivity contribution is -0.143. The van der Waals surface area contributed by atoms with E-state index < -0.39 is 23.8 Å². The monoisotopic (exact) mass is 506 g/mol. The molecule has 0 saturated heterocycles. The molecule has 2 rings (SSSR count). The molecule has 34 heavy (non-hydrogen) atoms. The standard InChI is InChI=1S/C23H24Cl2N4O5/c1-34-23(33)18(29-22(32)20-16(24)6-3-7-17(20)25)9-8-15(30)12-28-21(31)14-5-2-4-13(10-14)11-19(26)27/h2-7,10,18H,8-9,11-12H2,1H3,(H3,26,27)(H,28,31)(H,29,32)/t18-/m0/s1. The Kier molecular flexibility index (Phi) is 10.0. The average Bonchev–Trinajstić information content (AvgIpc) is 2.79. The molecule has 2 aromatic carbocycles. The number of nitrogens with two attached hydrogens (primary N) is 1. The number of hydrogen-bond acceptors (Lipinski definition) is 6. The summed E-state index contributed by atoms with van der Waals surface area (Å²) in [6.45, 7) is -0.270. The average molecular weight is 507 g/mol. The van der Waals surface area contributed by atoms with Crippen molar-refractivity contribution in [2.75, 3.05) is 13.7 Å². The number of nitrogens with one attached hydrogen (secondary N) is 3. The molecule has 180 valence electrons. The maximum Gasteiger partial charge on any atom is 0.328 e. The van der Waals surface area contributed by atoms with Crippen LogP contribution in [0.2, 0.25) is 10.0 Å². The molecule has 0 bridgehead atoms. The second kappa shape index (κ2) is 12.7. The fourth-order valence-electron chi connectivity index (χ4n) is 3.05. The van der Waals surface area contributed by atoms with Gasteiger partial charge in [0, 0.05) is 18.4 Å². The normalized spacial score (nSPS) is 11.3. The Balaban J connectivity index is 1.94. The van der Waals surface area contributed by atoms with Crippen LogP contribution in [-0.2, 0) is 20.7 Å². The first-order valence-electron chi connectivity index (χ1n) is 10.2. The predicted molar refractivity (Wildman–Crippen MR) is 128 cm³/mol. The summed E-state index contributed by atoms with van der Waals surface area (Å²) >= 11 is 12.1.